The summed E-state index contributed by atoms with van der Waals surface area (Å²) in [6.07, 6.45) is 3.46. The minimum absolute atomic E-state index is 0.0888. The molecule has 1 aliphatic heterocycles. The number of rotatable bonds is 7. The van der Waals surface area contributed by atoms with Crippen LogP contribution in [0.1, 0.15) is 26.2 Å². The lowest BCUT2D eigenvalue weighted by Gasteiger charge is -2.33. The fourth-order valence-electron chi connectivity index (χ4n) is 2.91. The number of hydrogen-bond acceptors (Lipinski definition) is 3. The van der Waals surface area contributed by atoms with Gasteiger partial charge in [0.05, 0.1) is 12.5 Å². The zero-order valence-electron chi connectivity index (χ0n) is 13.8. The van der Waals surface area contributed by atoms with Gasteiger partial charge in [-0.15, -0.1) is 0 Å². The molecule has 1 aliphatic rings. The monoisotopic (exact) mass is 304 g/mol. The summed E-state index contributed by atoms with van der Waals surface area (Å²) in [5.41, 5.74) is 0. The van der Waals surface area contributed by atoms with Crippen molar-refractivity contribution in [2.75, 3.05) is 33.3 Å². The maximum Gasteiger partial charge on any atom is 0.228 e. The first-order valence-corrected chi connectivity index (χ1v) is 8.32. The second-order valence-corrected chi connectivity index (χ2v) is 6.19. The maximum atomic E-state index is 12.5. The van der Waals surface area contributed by atoms with Crippen molar-refractivity contribution in [2.45, 2.75) is 26.2 Å². The molecule has 4 nitrogen and oxygen atoms in total. The molecule has 0 saturated carbocycles. The zero-order valence-corrected chi connectivity index (χ0v) is 13.8. The molecular formula is C18H28N2O2. The third-order valence-corrected chi connectivity index (χ3v) is 4.39. The summed E-state index contributed by atoms with van der Waals surface area (Å²) in [7, 11) is 1.99. The average Bonchev–Trinajstić information content (AvgIpc) is 2.58. The highest BCUT2D eigenvalue weighted by Gasteiger charge is 2.26. The lowest BCUT2D eigenvalue weighted by Crippen LogP contribution is -2.42. The molecule has 1 atom stereocenters. The molecule has 0 radical (unpaired) electrons. The van der Waals surface area contributed by atoms with Crippen LogP contribution in [0, 0.1) is 11.8 Å². The largest absolute Gasteiger partial charge is 0.493 e. The van der Waals surface area contributed by atoms with E-state index in [2.05, 4.69) is 5.32 Å². The smallest absolute Gasteiger partial charge is 0.228 e. The van der Waals surface area contributed by atoms with Crippen molar-refractivity contribution in [3.8, 4) is 5.75 Å². The number of para-hydroxylation sites is 1. The van der Waals surface area contributed by atoms with Crippen LogP contribution >= 0.6 is 0 Å². The minimum Gasteiger partial charge on any atom is -0.493 e. The maximum absolute atomic E-state index is 12.5. The Balaban J connectivity index is 1.72. The Bertz CT molecular complexity index is 442. The van der Waals surface area contributed by atoms with Crippen LogP contribution in [0.2, 0.25) is 0 Å². The Morgan fingerprint density at radius 3 is 2.64 bits per heavy atom. The van der Waals surface area contributed by atoms with Crippen LogP contribution in [-0.4, -0.2) is 44.1 Å². The molecule has 1 saturated heterocycles. The van der Waals surface area contributed by atoms with Gasteiger partial charge in [-0.25, -0.2) is 0 Å². The fourth-order valence-corrected chi connectivity index (χ4v) is 2.91. The number of ether oxygens (including phenoxy) is 1. The summed E-state index contributed by atoms with van der Waals surface area (Å²) in [6, 6.07) is 9.68. The van der Waals surface area contributed by atoms with Gasteiger partial charge in [0.25, 0.3) is 0 Å². The van der Waals surface area contributed by atoms with E-state index in [9.17, 15) is 4.79 Å². The van der Waals surface area contributed by atoms with E-state index < -0.39 is 0 Å². The number of nitrogens with one attached hydrogen (secondary N) is 1. The summed E-state index contributed by atoms with van der Waals surface area (Å²) in [5.74, 6) is 1.72. The molecule has 1 N–H and O–H groups in total. The number of piperidine rings is 1. The molecule has 1 fully saturated rings. The molecule has 22 heavy (non-hydrogen) atoms. The quantitative estimate of drug-likeness (QED) is 0.842. The van der Waals surface area contributed by atoms with E-state index in [0.29, 0.717) is 6.61 Å². The third kappa shape index (κ3) is 5.02. The molecule has 0 aliphatic carbocycles. The third-order valence-electron chi connectivity index (χ3n) is 4.39. The number of hydrogen-bond donors (Lipinski definition) is 1. The number of benzene rings is 1. The van der Waals surface area contributed by atoms with Gasteiger partial charge in [0.15, 0.2) is 0 Å². The van der Waals surface area contributed by atoms with Crippen LogP contribution in [-0.2, 0) is 4.79 Å². The minimum atomic E-state index is -0.0888. The van der Waals surface area contributed by atoms with Crippen molar-refractivity contribution in [1.82, 2.24) is 10.2 Å². The summed E-state index contributed by atoms with van der Waals surface area (Å²) in [6.45, 7) is 5.26. The first-order chi connectivity index (χ1) is 10.7. The average molecular weight is 304 g/mol. The van der Waals surface area contributed by atoms with Crippen LogP contribution in [0.15, 0.2) is 30.3 Å². The van der Waals surface area contributed by atoms with Gasteiger partial charge in [-0.3, -0.25) is 4.79 Å². The van der Waals surface area contributed by atoms with Crippen LogP contribution in [0.4, 0.5) is 0 Å². The number of amides is 1. The van der Waals surface area contributed by atoms with E-state index in [1.165, 1.54) is 6.42 Å². The fraction of sp³-hybridized carbons (Fsp3) is 0.611. The first-order valence-electron chi connectivity index (χ1n) is 8.32. The molecule has 1 aromatic carbocycles. The van der Waals surface area contributed by atoms with E-state index in [1.54, 1.807) is 0 Å². The Morgan fingerprint density at radius 1 is 1.32 bits per heavy atom. The topological polar surface area (TPSA) is 41.6 Å². The van der Waals surface area contributed by atoms with E-state index in [-0.39, 0.29) is 11.8 Å². The van der Waals surface area contributed by atoms with Crippen LogP contribution in [0.3, 0.4) is 0 Å². The van der Waals surface area contributed by atoms with Crippen molar-refractivity contribution < 1.29 is 9.53 Å². The van der Waals surface area contributed by atoms with Crippen LogP contribution in [0.25, 0.3) is 0 Å². The predicted molar refractivity (Wildman–Crippen MR) is 88.9 cm³/mol. The van der Waals surface area contributed by atoms with E-state index in [4.69, 9.17) is 4.74 Å². The Kier molecular flexibility index (Phi) is 6.72. The zero-order chi connectivity index (χ0) is 15.8. The second kappa shape index (κ2) is 8.79. The van der Waals surface area contributed by atoms with E-state index in [1.807, 2.05) is 49.2 Å². The molecular weight excluding hydrogens is 276 g/mol. The molecule has 122 valence electrons. The number of nitrogens with zero attached hydrogens (tertiary/aromatic N) is 1. The standard InChI is InChI=1S/C18H28N2O2/c1-15(14-22-17-6-4-3-5-7-17)18(21)20-12-9-16(10-13-20)8-11-19-2/h3-7,15-16,19H,8-14H2,1-2H3. The van der Waals surface area contributed by atoms with Gasteiger partial charge in [-0.05, 0) is 50.9 Å². The molecule has 0 spiro atoms. The number of carbonyl (C=O) groups is 1. The van der Waals surface area contributed by atoms with Crippen molar-refractivity contribution in [1.29, 1.82) is 0 Å². The van der Waals surface area contributed by atoms with Gasteiger partial charge in [-0.1, -0.05) is 25.1 Å². The second-order valence-electron chi connectivity index (χ2n) is 6.19. The van der Waals surface area contributed by atoms with Crippen LogP contribution < -0.4 is 10.1 Å². The van der Waals surface area contributed by atoms with Gasteiger partial charge >= 0.3 is 0 Å². The highest BCUT2D eigenvalue weighted by molar-refractivity contribution is 5.78. The molecule has 1 unspecified atom stereocenters. The molecule has 0 bridgehead atoms. The molecule has 1 amide bonds. The number of carbonyl (C=O) groups excluding carboxylic acids is 1. The van der Waals surface area contributed by atoms with Gasteiger partial charge in [0, 0.05) is 13.1 Å². The Labute approximate surface area is 133 Å². The van der Waals surface area contributed by atoms with Crippen molar-refractivity contribution in [3.05, 3.63) is 30.3 Å². The summed E-state index contributed by atoms with van der Waals surface area (Å²) >= 11 is 0. The number of likely N-dealkylation sites (tertiary alicyclic amines) is 1. The molecule has 1 heterocycles. The van der Waals surface area contributed by atoms with E-state index in [0.717, 1.165) is 44.1 Å². The lowest BCUT2D eigenvalue weighted by molar-refractivity contribution is -0.137. The lowest BCUT2D eigenvalue weighted by atomic mass is 9.93. The van der Waals surface area contributed by atoms with Gasteiger partial charge in [0.1, 0.15) is 5.75 Å². The van der Waals surface area contributed by atoms with Crippen LogP contribution in [0.5, 0.6) is 5.75 Å². The molecule has 4 heteroatoms. The summed E-state index contributed by atoms with van der Waals surface area (Å²) in [5, 5.41) is 3.20. The molecule has 2 rings (SSSR count). The highest BCUT2D eigenvalue weighted by atomic mass is 16.5. The van der Waals surface area contributed by atoms with Crippen molar-refractivity contribution in [3.63, 3.8) is 0 Å². The summed E-state index contributed by atoms with van der Waals surface area (Å²) < 4.78 is 5.70. The van der Waals surface area contributed by atoms with E-state index >= 15 is 0 Å². The first kappa shape index (κ1) is 16.8. The Morgan fingerprint density at radius 2 is 2.00 bits per heavy atom. The van der Waals surface area contributed by atoms with Gasteiger partial charge in [-0.2, -0.15) is 0 Å². The predicted octanol–water partition coefficient (Wildman–Crippen LogP) is 2.55. The normalized spacial score (nSPS) is 17.3. The van der Waals surface area contributed by atoms with Gasteiger partial charge in [0.2, 0.25) is 5.91 Å². The molecule has 1 aromatic rings. The molecule has 0 aromatic heterocycles. The van der Waals surface area contributed by atoms with Crippen molar-refractivity contribution >= 4 is 5.91 Å². The Hall–Kier alpha value is -1.55. The van der Waals surface area contributed by atoms with Gasteiger partial charge < -0.3 is 15.0 Å². The SMILES string of the molecule is CNCCC1CCN(C(=O)C(C)COc2ccccc2)CC1. The van der Waals surface area contributed by atoms with Crippen molar-refractivity contribution in [2.24, 2.45) is 11.8 Å². The summed E-state index contributed by atoms with van der Waals surface area (Å²) in [4.78, 5) is 14.5. The highest BCUT2D eigenvalue weighted by Crippen LogP contribution is 2.21.